The van der Waals surface area contributed by atoms with Crippen LogP contribution in [0.15, 0.2) is 33.6 Å². The van der Waals surface area contributed by atoms with Crippen molar-refractivity contribution in [3.05, 3.63) is 51.6 Å². The zero-order chi connectivity index (χ0) is 16.6. The summed E-state index contributed by atoms with van der Waals surface area (Å²) in [6.07, 6.45) is 0. The molecule has 2 heterocycles. The normalized spacial score (nSPS) is 10.9. The highest BCUT2D eigenvalue weighted by Gasteiger charge is 2.16. The highest BCUT2D eigenvalue weighted by molar-refractivity contribution is 5.90. The Kier molecular flexibility index (Phi) is 3.69. The summed E-state index contributed by atoms with van der Waals surface area (Å²) in [5, 5.41) is 11.3. The molecule has 0 fully saturated rings. The standard InChI is InChI=1S/C16H16N4O3/c1-9-4-6-12(7-5-9)17-13(21)8-20-16(22)15-14(10(2)18-20)11(3)23-19-15/h4-7H,8H2,1-3H3,(H,17,21). The van der Waals surface area contributed by atoms with E-state index >= 15 is 0 Å². The molecule has 0 bridgehead atoms. The monoisotopic (exact) mass is 312 g/mol. The van der Waals surface area contributed by atoms with Gasteiger partial charge in [-0.05, 0) is 32.9 Å². The van der Waals surface area contributed by atoms with Crippen molar-refractivity contribution in [3.8, 4) is 0 Å². The van der Waals surface area contributed by atoms with Gasteiger partial charge >= 0.3 is 0 Å². The topological polar surface area (TPSA) is 90.0 Å². The van der Waals surface area contributed by atoms with E-state index in [4.69, 9.17) is 4.52 Å². The minimum Gasteiger partial charge on any atom is -0.360 e. The molecule has 0 unspecified atom stereocenters. The van der Waals surface area contributed by atoms with E-state index in [1.807, 2.05) is 19.1 Å². The van der Waals surface area contributed by atoms with Gasteiger partial charge in [-0.1, -0.05) is 22.9 Å². The molecular formula is C16H16N4O3. The molecule has 0 atom stereocenters. The van der Waals surface area contributed by atoms with Gasteiger partial charge in [0.2, 0.25) is 5.91 Å². The Bertz CT molecular complexity index is 938. The number of aryl methyl sites for hydroxylation is 3. The van der Waals surface area contributed by atoms with Crippen molar-refractivity contribution in [1.29, 1.82) is 0 Å². The molecule has 0 aliphatic rings. The number of anilines is 1. The molecule has 0 saturated heterocycles. The minimum absolute atomic E-state index is 0.185. The Morgan fingerprint density at radius 2 is 1.91 bits per heavy atom. The van der Waals surface area contributed by atoms with Gasteiger partial charge in [0.05, 0.1) is 11.1 Å². The van der Waals surface area contributed by atoms with Gasteiger partial charge in [-0.3, -0.25) is 9.59 Å². The lowest BCUT2D eigenvalue weighted by atomic mass is 10.2. The Morgan fingerprint density at radius 1 is 1.22 bits per heavy atom. The van der Waals surface area contributed by atoms with E-state index in [1.165, 1.54) is 0 Å². The maximum Gasteiger partial charge on any atom is 0.297 e. The maximum atomic E-state index is 12.3. The first-order chi connectivity index (χ1) is 11.0. The lowest BCUT2D eigenvalue weighted by molar-refractivity contribution is -0.117. The number of benzene rings is 1. The van der Waals surface area contributed by atoms with Crippen LogP contribution in [0, 0.1) is 20.8 Å². The Balaban J connectivity index is 1.86. The number of fused-ring (bicyclic) bond motifs is 1. The Labute approximate surface area is 131 Å². The lowest BCUT2D eigenvalue weighted by Gasteiger charge is -2.08. The third kappa shape index (κ3) is 2.85. The lowest BCUT2D eigenvalue weighted by Crippen LogP contribution is -2.30. The molecule has 1 amide bonds. The number of rotatable bonds is 3. The van der Waals surface area contributed by atoms with Gasteiger partial charge in [-0.2, -0.15) is 5.10 Å². The highest BCUT2D eigenvalue weighted by atomic mass is 16.5. The summed E-state index contributed by atoms with van der Waals surface area (Å²) in [7, 11) is 0. The molecule has 0 aliphatic heterocycles. The van der Waals surface area contributed by atoms with E-state index in [-0.39, 0.29) is 18.0 Å². The van der Waals surface area contributed by atoms with Crippen LogP contribution in [0.1, 0.15) is 17.0 Å². The molecule has 1 N–H and O–H groups in total. The summed E-state index contributed by atoms with van der Waals surface area (Å²) in [6, 6.07) is 7.40. The van der Waals surface area contributed by atoms with Crippen LogP contribution in [0.4, 0.5) is 5.69 Å². The van der Waals surface area contributed by atoms with E-state index < -0.39 is 5.56 Å². The summed E-state index contributed by atoms with van der Waals surface area (Å²) in [4.78, 5) is 24.4. The van der Waals surface area contributed by atoms with Crippen LogP contribution >= 0.6 is 0 Å². The van der Waals surface area contributed by atoms with E-state index in [9.17, 15) is 9.59 Å². The van der Waals surface area contributed by atoms with Crippen LogP contribution in [0.3, 0.4) is 0 Å². The number of amides is 1. The van der Waals surface area contributed by atoms with Gasteiger partial charge in [0.15, 0.2) is 5.52 Å². The van der Waals surface area contributed by atoms with Crippen molar-refractivity contribution < 1.29 is 9.32 Å². The fourth-order valence-corrected chi connectivity index (χ4v) is 2.42. The smallest absolute Gasteiger partial charge is 0.297 e. The van der Waals surface area contributed by atoms with Crippen LogP contribution in [-0.4, -0.2) is 20.8 Å². The van der Waals surface area contributed by atoms with E-state index in [1.54, 1.807) is 26.0 Å². The molecule has 118 valence electrons. The fraction of sp³-hybridized carbons (Fsp3) is 0.250. The highest BCUT2D eigenvalue weighted by Crippen LogP contribution is 2.16. The van der Waals surface area contributed by atoms with Gasteiger partial charge in [0.1, 0.15) is 12.3 Å². The molecule has 7 nitrogen and oxygen atoms in total. The molecule has 0 saturated carbocycles. The van der Waals surface area contributed by atoms with Crippen molar-refractivity contribution in [2.24, 2.45) is 0 Å². The predicted octanol–water partition coefficient (Wildman–Crippen LogP) is 1.95. The van der Waals surface area contributed by atoms with Gasteiger partial charge in [-0.25, -0.2) is 4.68 Å². The number of nitrogens with zero attached hydrogens (tertiary/aromatic N) is 3. The first kappa shape index (κ1) is 15.0. The van der Waals surface area contributed by atoms with Crippen molar-refractivity contribution in [3.63, 3.8) is 0 Å². The summed E-state index contributed by atoms with van der Waals surface area (Å²) >= 11 is 0. The number of hydrogen-bond acceptors (Lipinski definition) is 5. The first-order valence-electron chi connectivity index (χ1n) is 7.16. The van der Waals surface area contributed by atoms with Gasteiger partial charge in [0, 0.05) is 5.69 Å². The molecule has 3 rings (SSSR count). The van der Waals surface area contributed by atoms with Crippen molar-refractivity contribution in [2.45, 2.75) is 27.3 Å². The first-order valence-corrected chi connectivity index (χ1v) is 7.16. The third-order valence-corrected chi connectivity index (χ3v) is 3.56. The molecule has 1 aromatic carbocycles. The molecule has 0 spiro atoms. The second kappa shape index (κ2) is 5.68. The second-order valence-corrected chi connectivity index (χ2v) is 5.42. The zero-order valence-electron chi connectivity index (χ0n) is 13.1. The predicted molar refractivity (Wildman–Crippen MR) is 85.3 cm³/mol. The van der Waals surface area contributed by atoms with Gasteiger partial charge in [0.25, 0.3) is 5.56 Å². The van der Waals surface area contributed by atoms with Crippen molar-refractivity contribution in [2.75, 3.05) is 5.32 Å². The SMILES string of the molecule is Cc1ccc(NC(=O)Cn2nc(C)c3c(C)onc3c2=O)cc1. The van der Waals surface area contributed by atoms with Crippen molar-refractivity contribution >= 4 is 22.5 Å². The Morgan fingerprint density at radius 3 is 2.61 bits per heavy atom. The molecular weight excluding hydrogens is 296 g/mol. The van der Waals surface area contributed by atoms with Crippen LogP contribution in [0.2, 0.25) is 0 Å². The molecule has 2 aromatic heterocycles. The summed E-state index contributed by atoms with van der Waals surface area (Å²) in [5.41, 5.74) is 2.12. The average molecular weight is 312 g/mol. The average Bonchev–Trinajstić information content (AvgIpc) is 2.89. The Hall–Kier alpha value is -2.96. The summed E-state index contributed by atoms with van der Waals surface area (Å²) in [6.45, 7) is 5.25. The minimum atomic E-state index is -0.443. The van der Waals surface area contributed by atoms with Crippen LogP contribution < -0.4 is 10.9 Å². The summed E-state index contributed by atoms with van der Waals surface area (Å²) < 4.78 is 6.14. The van der Waals surface area contributed by atoms with Gasteiger partial charge in [-0.15, -0.1) is 0 Å². The van der Waals surface area contributed by atoms with E-state index in [0.29, 0.717) is 22.5 Å². The second-order valence-electron chi connectivity index (χ2n) is 5.42. The molecule has 7 heteroatoms. The van der Waals surface area contributed by atoms with E-state index in [0.717, 1.165) is 10.2 Å². The number of nitrogens with one attached hydrogen (secondary N) is 1. The molecule has 23 heavy (non-hydrogen) atoms. The molecule has 0 aliphatic carbocycles. The third-order valence-electron chi connectivity index (χ3n) is 3.56. The van der Waals surface area contributed by atoms with Crippen LogP contribution in [0.25, 0.3) is 10.9 Å². The summed E-state index contributed by atoms with van der Waals surface area (Å²) in [5.74, 6) is 0.209. The zero-order valence-corrected chi connectivity index (χ0v) is 13.1. The van der Waals surface area contributed by atoms with E-state index in [2.05, 4.69) is 15.6 Å². The largest absolute Gasteiger partial charge is 0.360 e. The number of carbonyl (C=O) groups excluding carboxylic acids is 1. The van der Waals surface area contributed by atoms with Gasteiger partial charge < -0.3 is 9.84 Å². The number of carbonyl (C=O) groups is 1. The quantitative estimate of drug-likeness (QED) is 0.798. The number of hydrogen-bond donors (Lipinski definition) is 1. The number of aromatic nitrogens is 3. The van der Waals surface area contributed by atoms with Crippen molar-refractivity contribution in [1.82, 2.24) is 14.9 Å². The maximum absolute atomic E-state index is 12.3. The molecule has 3 aromatic rings. The van der Waals surface area contributed by atoms with Crippen LogP contribution in [-0.2, 0) is 11.3 Å². The fourth-order valence-electron chi connectivity index (χ4n) is 2.42. The van der Waals surface area contributed by atoms with Crippen LogP contribution in [0.5, 0.6) is 0 Å². The molecule has 0 radical (unpaired) electrons.